The Morgan fingerprint density at radius 3 is 2.12 bits per heavy atom. The number of nitrogens with zero attached hydrogens (tertiary/aromatic N) is 2. The number of alkyl halides is 3. The van der Waals surface area contributed by atoms with E-state index < -0.39 is 46.2 Å². The fourth-order valence-electron chi connectivity index (χ4n) is 3.96. The van der Waals surface area contributed by atoms with Crippen LogP contribution < -0.4 is 9.62 Å². The summed E-state index contributed by atoms with van der Waals surface area (Å²) < 4.78 is 68.9. The zero-order chi connectivity index (χ0) is 30.5. The van der Waals surface area contributed by atoms with Gasteiger partial charge in [0.05, 0.1) is 16.1 Å². The molecule has 0 aliphatic rings. The average molecular weight is 631 g/mol. The Bertz CT molecular complexity index is 1500. The maximum absolute atomic E-state index is 13.8. The minimum Gasteiger partial charge on any atom is -0.355 e. The van der Waals surface area contributed by atoms with Crippen molar-refractivity contribution in [3.8, 4) is 0 Å². The Balaban J connectivity index is 2.13. The van der Waals surface area contributed by atoms with Crippen LogP contribution in [0.4, 0.5) is 18.9 Å². The Morgan fingerprint density at radius 2 is 1.56 bits per heavy atom. The van der Waals surface area contributed by atoms with Crippen molar-refractivity contribution in [3.05, 3.63) is 93.5 Å². The van der Waals surface area contributed by atoms with Crippen molar-refractivity contribution >= 4 is 50.7 Å². The maximum Gasteiger partial charge on any atom is 0.416 e. The van der Waals surface area contributed by atoms with E-state index in [2.05, 4.69) is 5.32 Å². The summed E-state index contributed by atoms with van der Waals surface area (Å²) in [6.45, 7) is 3.95. The molecule has 0 saturated carbocycles. The number of rotatable bonds is 10. The predicted octanol–water partition coefficient (Wildman–Crippen LogP) is 6.07. The first kappa shape index (κ1) is 32.2. The number of nitrogens with one attached hydrogen (secondary N) is 1. The van der Waals surface area contributed by atoms with Crippen molar-refractivity contribution in [2.24, 2.45) is 0 Å². The lowest BCUT2D eigenvalue weighted by Gasteiger charge is -2.32. The summed E-state index contributed by atoms with van der Waals surface area (Å²) in [5.74, 6) is -1.40. The first-order valence-electron chi connectivity index (χ1n) is 12.4. The molecule has 0 fully saturated rings. The molecule has 0 spiro atoms. The first-order valence-corrected chi connectivity index (χ1v) is 14.6. The van der Waals surface area contributed by atoms with Crippen LogP contribution in [-0.4, -0.2) is 44.3 Å². The zero-order valence-corrected chi connectivity index (χ0v) is 24.7. The lowest BCUT2D eigenvalue weighted by molar-refractivity contribution is -0.139. The maximum atomic E-state index is 13.8. The second kappa shape index (κ2) is 13.1. The van der Waals surface area contributed by atoms with E-state index in [1.165, 1.54) is 31.2 Å². The molecule has 0 unspecified atom stereocenters. The van der Waals surface area contributed by atoms with Gasteiger partial charge in [-0.25, -0.2) is 8.42 Å². The Kier molecular flexibility index (Phi) is 10.3. The predicted molar refractivity (Wildman–Crippen MR) is 152 cm³/mol. The number of aryl methyl sites for hydroxylation is 1. The first-order chi connectivity index (χ1) is 19.2. The summed E-state index contributed by atoms with van der Waals surface area (Å²) in [5, 5.41) is 3.03. The molecule has 0 aliphatic heterocycles. The SMILES string of the molecule is CCNC(=O)[C@H](C)N(Cc1c(Cl)cccc1Cl)C(=O)CN(c1cccc(C(F)(F)F)c1)S(=O)(=O)c1ccc(C)cc1. The van der Waals surface area contributed by atoms with Crippen molar-refractivity contribution in [2.45, 2.75) is 44.4 Å². The summed E-state index contributed by atoms with van der Waals surface area (Å²) >= 11 is 12.6. The number of halogens is 5. The lowest BCUT2D eigenvalue weighted by atomic mass is 10.1. The average Bonchev–Trinajstić information content (AvgIpc) is 2.91. The third-order valence-corrected chi connectivity index (χ3v) is 8.75. The van der Waals surface area contributed by atoms with Crippen LogP contribution in [0.1, 0.15) is 30.5 Å². The van der Waals surface area contributed by atoms with Gasteiger partial charge >= 0.3 is 6.18 Å². The Hall–Kier alpha value is -3.28. The van der Waals surface area contributed by atoms with Crippen LogP contribution in [0.5, 0.6) is 0 Å². The van der Waals surface area contributed by atoms with Crippen LogP contribution in [-0.2, 0) is 32.3 Å². The number of amides is 2. The fourth-order valence-corrected chi connectivity index (χ4v) is 5.88. The molecule has 3 aromatic carbocycles. The molecule has 3 rings (SSSR count). The smallest absolute Gasteiger partial charge is 0.355 e. The Labute approximate surface area is 246 Å². The monoisotopic (exact) mass is 629 g/mol. The van der Waals surface area contributed by atoms with Gasteiger partial charge in [-0.05, 0) is 63.2 Å². The highest BCUT2D eigenvalue weighted by atomic mass is 35.5. The molecule has 0 aliphatic carbocycles. The second-order valence-corrected chi connectivity index (χ2v) is 11.8. The molecule has 0 saturated heterocycles. The number of hydrogen-bond donors (Lipinski definition) is 1. The molecule has 2 amide bonds. The van der Waals surface area contributed by atoms with Gasteiger partial charge in [0.2, 0.25) is 11.8 Å². The van der Waals surface area contributed by atoms with Gasteiger partial charge < -0.3 is 10.2 Å². The summed E-state index contributed by atoms with van der Waals surface area (Å²) in [7, 11) is -4.54. The summed E-state index contributed by atoms with van der Waals surface area (Å²) in [6.07, 6.45) is -4.76. The number of carbonyl (C=O) groups is 2. The molecular weight excluding hydrogens is 602 g/mol. The van der Waals surface area contributed by atoms with Gasteiger partial charge in [0.25, 0.3) is 10.0 Å². The van der Waals surface area contributed by atoms with Gasteiger partial charge in [0, 0.05) is 28.7 Å². The summed E-state index contributed by atoms with van der Waals surface area (Å²) in [4.78, 5) is 27.5. The van der Waals surface area contributed by atoms with Gasteiger partial charge in [-0.15, -0.1) is 0 Å². The standard InChI is InChI=1S/C28H28Cl2F3N3O4S/c1-4-34-27(38)19(3)35(16-23-24(29)9-6-10-25(23)30)26(37)17-36(21-8-5-7-20(15-21)28(31,32)33)41(39,40)22-13-11-18(2)12-14-22/h5-15,19H,4,16-17H2,1-3H3,(H,34,38)/t19-/m0/s1. The third kappa shape index (κ3) is 7.72. The third-order valence-electron chi connectivity index (χ3n) is 6.26. The van der Waals surface area contributed by atoms with Crippen LogP contribution in [0.25, 0.3) is 0 Å². The highest BCUT2D eigenvalue weighted by molar-refractivity contribution is 7.92. The van der Waals surface area contributed by atoms with Crippen molar-refractivity contribution < 1.29 is 31.2 Å². The van der Waals surface area contributed by atoms with Gasteiger partial charge in [0.15, 0.2) is 0 Å². The number of benzene rings is 3. The van der Waals surface area contributed by atoms with E-state index in [0.29, 0.717) is 15.9 Å². The summed E-state index contributed by atoms with van der Waals surface area (Å²) in [6, 6.07) is 12.9. The van der Waals surface area contributed by atoms with E-state index in [1.54, 1.807) is 32.0 Å². The van der Waals surface area contributed by atoms with E-state index in [1.807, 2.05) is 0 Å². The van der Waals surface area contributed by atoms with Crippen LogP contribution >= 0.6 is 23.2 Å². The molecular formula is C28H28Cl2F3N3O4S. The van der Waals surface area contributed by atoms with E-state index in [4.69, 9.17) is 23.2 Å². The molecule has 0 radical (unpaired) electrons. The molecule has 41 heavy (non-hydrogen) atoms. The van der Waals surface area contributed by atoms with Crippen LogP contribution in [0, 0.1) is 6.92 Å². The molecule has 3 aromatic rings. The molecule has 7 nitrogen and oxygen atoms in total. The zero-order valence-electron chi connectivity index (χ0n) is 22.4. The van der Waals surface area contributed by atoms with Crippen LogP contribution in [0.3, 0.4) is 0 Å². The summed E-state index contributed by atoms with van der Waals surface area (Å²) in [5.41, 5.74) is -0.409. The number of anilines is 1. The van der Waals surface area contributed by atoms with Crippen LogP contribution in [0.2, 0.25) is 10.0 Å². The van der Waals surface area contributed by atoms with Gasteiger partial charge in [-0.1, -0.05) is 53.0 Å². The minimum atomic E-state index is -4.76. The quantitative estimate of drug-likeness (QED) is 0.295. The normalized spacial score (nSPS) is 12.5. The van der Waals surface area contributed by atoms with Gasteiger partial charge in [-0.2, -0.15) is 13.2 Å². The second-order valence-electron chi connectivity index (χ2n) is 9.17. The van der Waals surface area contributed by atoms with Crippen molar-refractivity contribution in [1.29, 1.82) is 0 Å². The van der Waals surface area contributed by atoms with E-state index >= 15 is 0 Å². The van der Waals surface area contributed by atoms with E-state index in [9.17, 15) is 31.2 Å². The molecule has 1 N–H and O–H groups in total. The molecule has 0 bridgehead atoms. The van der Waals surface area contributed by atoms with Gasteiger partial charge in [0.1, 0.15) is 12.6 Å². The molecule has 0 aromatic heterocycles. The molecule has 220 valence electrons. The van der Waals surface area contributed by atoms with Crippen molar-refractivity contribution in [3.63, 3.8) is 0 Å². The van der Waals surface area contributed by atoms with Crippen molar-refractivity contribution in [1.82, 2.24) is 10.2 Å². The van der Waals surface area contributed by atoms with E-state index in [0.717, 1.165) is 28.7 Å². The van der Waals surface area contributed by atoms with Gasteiger partial charge in [-0.3, -0.25) is 13.9 Å². The topological polar surface area (TPSA) is 86.8 Å². The van der Waals surface area contributed by atoms with Crippen LogP contribution in [0.15, 0.2) is 71.6 Å². The number of likely N-dealkylation sites (N-methyl/N-ethyl adjacent to an activating group) is 1. The molecule has 13 heteroatoms. The van der Waals surface area contributed by atoms with E-state index in [-0.39, 0.29) is 33.7 Å². The minimum absolute atomic E-state index is 0.209. The highest BCUT2D eigenvalue weighted by Crippen LogP contribution is 2.34. The number of hydrogen-bond acceptors (Lipinski definition) is 4. The molecule has 1 atom stereocenters. The lowest BCUT2D eigenvalue weighted by Crippen LogP contribution is -2.51. The van der Waals surface area contributed by atoms with Crippen molar-refractivity contribution in [2.75, 3.05) is 17.4 Å². The fraction of sp³-hybridized carbons (Fsp3) is 0.286. The Morgan fingerprint density at radius 1 is 0.976 bits per heavy atom. The largest absolute Gasteiger partial charge is 0.416 e. The number of carbonyl (C=O) groups excluding carboxylic acids is 2. The highest BCUT2D eigenvalue weighted by Gasteiger charge is 2.35. The molecule has 0 heterocycles. The number of sulfonamides is 1.